The van der Waals surface area contributed by atoms with Gasteiger partial charge in [-0.05, 0) is 43.7 Å². The number of halogens is 3. The molecule has 2 aliphatic rings. The smallest absolute Gasteiger partial charge is 0.366 e. The van der Waals surface area contributed by atoms with Gasteiger partial charge in [-0.1, -0.05) is 19.8 Å². The number of hydrogen-bond donors (Lipinski definition) is 1. The van der Waals surface area contributed by atoms with Crippen molar-refractivity contribution in [1.82, 2.24) is 5.32 Å². The van der Waals surface area contributed by atoms with Crippen LogP contribution >= 0.6 is 0 Å². The molecule has 1 saturated heterocycles. The van der Waals surface area contributed by atoms with Gasteiger partial charge in [0.05, 0.1) is 10.5 Å². The lowest BCUT2D eigenvalue weighted by Crippen LogP contribution is -2.45. The van der Waals surface area contributed by atoms with Crippen LogP contribution in [0.2, 0.25) is 0 Å². The number of alkyl halides is 3. The second kappa shape index (κ2) is 8.59. The highest BCUT2D eigenvalue weighted by atomic mass is 19.4. The van der Waals surface area contributed by atoms with Crippen LogP contribution in [0.15, 0.2) is 18.2 Å². The van der Waals surface area contributed by atoms with Crippen molar-refractivity contribution in [3.8, 4) is 0 Å². The Morgan fingerprint density at radius 1 is 1.21 bits per heavy atom. The zero-order chi connectivity index (χ0) is 21.2. The van der Waals surface area contributed by atoms with E-state index in [-0.39, 0.29) is 23.6 Å². The molecule has 160 valence electrons. The van der Waals surface area contributed by atoms with Gasteiger partial charge < -0.3 is 10.2 Å². The summed E-state index contributed by atoms with van der Waals surface area (Å²) < 4.78 is 38.6. The van der Waals surface area contributed by atoms with Crippen molar-refractivity contribution in [1.29, 1.82) is 0 Å². The predicted octanol–water partition coefficient (Wildman–Crippen LogP) is 4.52. The Balaban J connectivity index is 1.63. The van der Waals surface area contributed by atoms with Gasteiger partial charge in [0, 0.05) is 31.1 Å². The number of amides is 1. The fourth-order valence-corrected chi connectivity index (χ4v) is 4.38. The van der Waals surface area contributed by atoms with E-state index < -0.39 is 22.4 Å². The van der Waals surface area contributed by atoms with Gasteiger partial charge in [0.2, 0.25) is 5.91 Å². The Bertz CT molecular complexity index is 761. The molecule has 0 bridgehead atoms. The molecule has 1 aromatic rings. The first-order valence-corrected chi connectivity index (χ1v) is 10.1. The van der Waals surface area contributed by atoms with Crippen molar-refractivity contribution >= 4 is 17.3 Å². The Morgan fingerprint density at radius 2 is 1.90 bits per heavy atom. The summed E-state index contributed by atoms with van der Waals surface area (Å²) >= 11 is 0. The van der Waals surface area contributed by atoms with E-state index >= 15 is 0 Å². The summed E-state index contributed by atoms with van der Waals surface area (Å²) in [4.78, 5) is 24.8. The molecule has 0 radical (unpaired) electrons. The molecular weight excluding hydrogens is 387 g/mol. The molecule has 2 fully saturated rings. The van der Waals surface area contributed by atoms with E-state index in [9.17, 15) is 28.1 Å². The molecular formula is C20H26F3N3O3. The van der Waals surface area contributed by atoms with Crippen molar-refractivity contribution in [3.05, 3.63) is 33.9 Å². The summed E-state index contributed by atoms with van der Waals surface area (Å²) in [5, 5.41) is 14.4. The predicted molar refractivity (Wildman–Crippen MR) is 103 cm³/mol. The molecule has 1 aliphatic carbocycles. The fraction of sp³-hybridized carbons (Fsp3) is 0.650. The third kappa shape index (κ3) is 5.19. The van der Waals surface area contributed by atoms with E-state index in [0.29, 0.717) is 37.9 Å². The third-order valence-corrected chi connectivity index (χ3v) is 5.99. The maximum atomic E-state index is 12.9. The van der Waals surface area contributed by atoms with Crippen molar-refractivity contribution in [2.75, 3.05) is 18.0 Å². The number of piperidine rings is 1. The summed E-state index contributed by atoms with van der Waals surface area (Å²) in [6.45, 7) is 2.98. The largest absolute Gasteiger partial charge is 0.416 e. The number of nitrogens with one attached hydrogen (secondary N) is 1. The zero-order valence-corrected chi connectivity index (χ0v) is 16.4. The minimum atomic E-state index is -4.63. The Labute approximate surface area is 167 Å². The van der Waals surface area contributed by atoms with E-state index in [4.69, 9.17) is 0 Å². The molecule has 9 heteroatoms. The normalized spacial score (nSPS) is 23.7. The number of nitro benzene ring substituents is 1. The van der Waals surface area contributed by atoms with Crippen molar-refractivity contribution < 1.29 is 22.9 Å². The van der Waals surface area contributed by atoms with E-state index in [1.54, 1.807) is 4.90 Å². The number of carbonyl (C=O) groups is 1. The minimum absolute atomic E-state index is 0.0191. The molecule has 1 amide bonds. The van der Waals surface area contributed by atoms with E-state index in [2.05, 4.69) is 12.2 Å². The number of rotatable bonds is 4. The lowest BCUT2D eigenvalue weighted by molar-refractivity contribution is -0.384. The number of benzene rings is 1. The third-order valence-electron chi connectivity index (χ3n) is 5.99. The van der Waals surface area contributed by atoms with Gasteiger partial charge in [-0.2, -0.15) is 13.2 Å². The molecule has 2 atom stereocenters. The van der Waals surface area contributed by atoms with Crippen LogP contribution in [0.3, 0.4) is 0 Å². The van der Waals surface area contributed by atoms with Crippen LogP contribution in [0.25, 0.3) is 0 Å². The second-order valence-corrected chi connectivity index (χ2v) is 8.20. The van der Waals surface area contributed by atoms with E-state index in [0.717, 1.165) is 31.4 Å². The molecule has 3 rings (SSSR count). The lowest BCUT2D eigenvalue weighted by atomic mass is 9.86. The number of carbonyl (C=O) groups excluding carboxylic acids is 1. The van der Waals surface area contributed by atoms with E-state index in [1.807, 2.05) is 0 Å². The van der Waals surface area contributed by atoms with Gasteiger partial charge in [0.25, 0.3) is 5.69 Å². The van der Waals surface area contributed by atoms with Gasteiger partial charge in [-0.3, -0.25) is 14.9 Å². The molecule has 1 heterocycles. The number of nitro groups is 1. The first-order chi connectivity index (χ1) is 13.6. The molecule has 1 aromatic carbocycles. The number of nitrogens with zero attached hydrogens (tertiary/aromatic N) is 2. The van der Waals surface area contributed by atoms with Gasteiger partial charge in [-0.15, -0.1) is 0 Å². The first-order valence-electron chi connectivity index (χ1n) is 10.1. The van der Waals surface area contributed by atoms with Crippen LogP contribution in [0.5, 0.6) is 0 Å². The molecule has 6 nitrogen and oxygen atoms in total. The van der Waals surface area contributed by atoms with Crippen LogP contribution < -0.4 is 10.2 Å². The molecule has 2 unspecified atom stereocenters. The summed E-state index contributed by atoms with van der Waals surface area (Å²) in [6.07, 6.45) is 0.692. The first kappa shape index (κ1) is 21.4. The van der Waals surface area contributed by atoms with Crippen molar-refractivity contribution in [2.45, 2.75) is 57.7 Å². The van der Waals surface area contributed by atoms with Gasteiger partial charge >= 0.3 is 6.18 Å². The molecule has 0 spiro atoms. The lowest BCUT2D eigenvalue weighted by Gasteiger charge is -2.34. The SMILES string of the molecule is CC1CCCC(NC(=O)C2CCN(c3ccc(C(F)(F)F)cc3[N+](=O)[O-])CC2)C1. The summed E-state index contributed by atoms with van der Waals surface area (Å²) in [6, 6.07) is 2.81. The van der Waals surface area contributed by atoms with Crippen LogP contribution in [0.4, 0.5) is 24.5 Å². The average Bonchev–Trinajstić information content (AvgIpc) is 2.67. The average molecular weight is 413 g/mol. The molecule has 0 aromatic heterocycles. The monoisotopic (exact) mass is 413 g/mol. The van der Waals surface area contributed by atoms with Crippen LogP contribution in [0.1, 0.15) is 51.0 Å². The van der Waals surface area contributed by atoms with Crippen LogP contribution in [-0.2, 0) is 11.0 Å². The second-order valence-electron chi connectivity index (χ2n) is 8.20. The van der Waals surface area contributed by atoms with Crippen molar-refractivity contribution in [3.63, 3.8) is 0 Å². The standard InChI is InChI=1S/C20H26F3N3O3/c1-13-3-2-4-16(11-13)24-19(27)14-7-9-25(10-8-14)17-6-5-15(20(21,22)23)12-18(17)26(28)29/h5-6,12-14,16H,2-4,7-11H2,1H3,(H,24,27). The highest BCUT2D eigenvalue weighted by Gasteiger charge is 2.35. The molecule has 1 aliphatic heterocycles. The van der Waals surface area contributed by atoms with E-state index in [1.165, 1.54) is 6.42 Å². The Hall–Kier alpha value is -2.32. The van der Waals surface area contributed by atoms with Gasteiger partial charge in [-0.25, -0.2) is 0 Å². The zero-order valence-electron chi connectivity index (χ0n) is 16.4. The Morgan fingerprint density at radius 3 is 2.48 bits per heavy atom. The quantitative estimate of drug-likeness (QED) is 0.582. The highest BCUT2D eigenvalue weighted by Crippen LogP contribution is 2.37. The number of hydrogen-bond acceptors (Lipinski definition) is 4. The Kier molecular flexibility index (Phi) is 6.33. The molecule has 1 saturated carbocycles. The summed E-state index contributed by atoms with van der Waals surface area (Å²) in [5.74, 6) is 0.457. The fourth-order valence-electron chi connectivity index (χ4n) is 4.38. The van der Waals surface area contributed by atoms with Crippen LogP contribution in [0, 0.1) is 22.0 Å². The maximum Gasteiger partial charge on any atom is 0.416 e. The highest BCUT2D eigenvalue weighted by molar-refractivity contribution is 5.79. The maximum absolute atomic E-state index is 12.9. The molecule has 29 heavy (non-hydrogen) atoms. The number of anilines is 1. The topological polar surface area (TPSA) is 75.5 Å². The van der Waals surface area contributed by atoms with Gasteiger partial charge in [0.15, 0.2) is 0 Å². The minimum Gasteiger partial charge on any atom is -0.366 e. The van der Waals surface area contributed by atoms with Gasteiger partial charge in [0.1, 0.15) is 5.69 Å². The summed E-state index contributed by atoms with van der Waals surface area (Å²) in [7, 11) is 0. The van der Waals surface area contributed by atoms with Crippen LogP contribution in [-0.4, -0.2) is 30.0 Å². The summed E-state index contributed by atoms with van der Waals surface area (Å²) in [5.41, 5.74) is -1.43. The van der Waals surface area contributed by atoms with Crippen molar-refractivity contribution in [2.24, 2.45) is 11.8 Å². The molecule has 1 N–H and O–H groups in total.